The maximum absolute atomic E-state index is 12.3. The summed E-state index contributed by atoms with van der Waals surface area (Å²) in [7, 11) is -3.56. The lowest BCUT2D eigenvalue weighted by Gasteiger charge is -2.23. The highest BCUT2D eigenvalue weighted by Gasteiger charge is 2.34. The molecule has 1 aliphatic carbocycles. The van der Waals surface area contributed by atoms with Crippen LogP contribution in [0, 0.1) is 0 Å². The summed E-state index contributed by atoms with van der Waals surface area (Å²) in [5.41, 5.74) is -0.327. The summed E-state index contributed by atoms with van der Waals surface area (Å²) in [4.78, 5) is 0. The van der Waals surface area contributed by atoms with Crippen LogP contribution < -0.4 is 10.0 Å². The molecule has 1 aromatic heterocycles. The van der Waals surface area contributed by atoms with Crippen LogP contribution in [0.2, 0.25) is 0 Å². The Morgan fingerprint density at radius 1 is 1.30 bits per heavy atom. The molecule has 1 aromatic rings. The highest BCUT2D eigenvalue weighted by molar-refractivity contribution is 7.89. The Hall–Kier alpha value is -0.850. The van der Waals surface area contributed by atoms with Gasteiger partial charge in [0, 0.05) is 5.54 Å². The zero-order valence-corrected chi connectivity index (χ0v) is 13.1. The second-order valence-electron chi connectivity index (χ2n) is 5.77. The fourth-order valence-electron chi connectivity index (χ4n) is 2.62. The fourth-order valence-corrected chi connectivity index (χ4v) is 4.04. The van der Waals surface area contributed by atoms with Crippen molar-refractivity contribution >= 4 is 10.0 Å². The molecule has 6 heteroatoms. The summed E-state index contributed by atoms with van der Waals surface area (Å²) < 4.78 is 32.8. The number of hydrogen-bond donors (Lipinski definition) is 2. The molecule has 5 nitrogen and oxygen atoms in total. The first-order valence-electron chi connectivity index (χ1n) is 7.29. The van der Waals surface area contributed by atoms with Crippen LogP contribution in [-0.4, -0.2) is 20.5 Å². The van der Waals surface area contributed by atoms with Crippen LogP contribution in [0.4, 0.5) is 0 Å². The molecule has 1 saturated carbocycles. The van der Waals surface area contributed by atoms with Crippen molar-refractivity contribution in [2.24, 2.45) is 0 Å². The van der Waals surface area contributed by atoms with E-state index in [0.717, 1.165) is 38.6 Å². The number of rotatable bonds is 7. The van der Waals surface area contributed by atoms with Crippen molar-refractivity contribution in [2.75, 3.05) is 6.54 Å². The van der Waals surface area contributed by atoms with Crippen LogP contribution in [0.1, 0.15) is 51.7 Å². The zero-order valence-electron chi connectivity index (χ0n) is 12.2. The molecule has 20 heavy (non-hydrogen) atoms. The summed E-state index contributed by atoms with van der Waals surface area (Å²) in [6, 6.07) is 3.25. The van der Waals surface area contributed by atoms with Gasteiger partial charge in [-0.05, 0) is 44.9 Å². The number of furan rings is 1. The van der Waals surface area contributed by atoms with Crippen molar-refractivity contribution < 1.29 is 12.8 Å². The molecule has 0 atom stereocenters. The molecule has 1 fully saturated rings. The molecule has 114 valence electrons. The molecule has 0 saturated heterocycles. The van der Waals surface area contributed by atoms with E-state index >= 15 is 0 Å². The van der Waals surface area contributed by atoms with Crippen LogP contribution in [0.5, 0.6) is 0 Å². The van der Waals surface area contributed by atoms with Crippen molar-refractivity contribution in [3.05, 3.63) is 17.9 Å². The molecule has 0 radical (unpaired) electrons. The van der Waals surface area contributed by atoms with E-state index in [1.807, 2.05) is 6.92 Å². The van der Waals surface area contributed by atoms with E-state index in [0.29, 0.717) is 12.3 Å². The van der Waals surface area contributed by atoms with Gasteiger partial charge >= 0.3 is 0 Å². The monoisotopic (exact) mass is 300 g/mol. The maximum atomic E-state index is 12.3. The van der Waals surface area contributed by atoms with Gasteiger partial charge in [0.25, 0.3) is 10.0 Å². The number of sulfonamides is 1. The van der Waals surface area contributed by atoms with Crippen molar-refractivity contribution in [2.45, 2.75) is 63.1 Å². The lowest BCUT2D eigenvalue weighted by molar-refractivity contribution is 0.382. The van der Waals surface area contributed by atoms with Crippen molar-refractivity contribution in [1.29, 1.82) is 0 Å². The summed E-state index contributed by atoms with van der Waals surface area (Å²) in [5, 5.41) is 3.20. The van der Waals surface area contributed by atoms with E-state index in [1.165, 1.54) is 6.07 Å². The Kier molecular flexibility index (Phi) is 4.88. The van der Waals surface area contributed by atoms with Crippen molar-refractivity contribution in [3.63, 3.8) is 0 Å². The Labute approximate surface area is 121 Å². The summed E-state index contributed by atoms with van der Waals surface area (Å²) >= 11 is 0. The average Bonchev–Trinajstić information content (AvgIpc) is 2.98. The fraction of sp³-hybridized carbons (Fsp3) is 0.714. The average molecular weight is 300 g/mol. The van der Waals surface area contributed by atoms with Crippen LogP contribution in [-0.2, 0) is 16.6 Å². The summed E-state index contributed by atoms with van der Waals surface area (Å²) in [6.07, 6.45) is 4.95. The molecular weight excluding hydrogens is 276 g/mol. The van der Waals surface area contributed by atoms with Gasteiger partial charge in [-0.3, -0.25) is 0 Å². The van der Waals surface area contributed by atoms with Gasteiger partial charge in [0.1, 0.15) is 5.76 Å². The van der Waals surface area contributed by atoms with Gasteiger partial charge in [0.15, 0.2) is 0 Å². The molecule has 0 aromatic carbocycles. The van der Waals surface area contributed by atoms with Crippen LogP contribution >= 0.6 is 0 Å². The predicted molar refractivity (Wildman–Crippen MR) is 77.9 cm³/mol. The third-order valence-corrected chi connectivity index (χ3v) is 5.23. The highest BCUT2D eigenvalue weighted by atomic mass is 32.2. The Morgan fingerprint density at radius 3 is 2.65 bits per heavy atom. The molecule has 2 N–H and O–H groups in total. The molecule has 1 aliphatic rings. The Balaban J connectivity index is 2.02. The van der Waals surface area contributed by atoms with Gasteiger partial charge in [0.2, 0.25) is 5.09 Å². The minimum Gasteiger partial charge on any atom is -0.447 e. The minimum atomic E-state index is -3.56. The lowest BCUT2D eigenvalue weighted by Crippen LogP contribution is -2.43. The predicted octanol–water partition coefficient (Wildman–Crippen LogP) is 2.39. The maximum Gasteiger partial charge on any atom is 0.274 e. The topological polar surface area (TPSA) is 71.3 Å². The van der Waals surface area contributed by atoms with Gasteiger partial charge < -0.3 is 9.73 Å². The van der Waals surface area contributed by atoms with E-state index in [9.17, 15) is 8.42 Å². The summed E-state index contributed by atoms with van der Waals surface area (Å²) in [6.45, 7) is 5.49. The normalized spacial score (nSPS) is 18.5. The number of hydrogen-bond acceptors (Lipinski definition) is 4. The molecular formula is C14H24N2O3S. The minimum absolute atomic E-state index is 0.0129. The quantitative estimate of drug-likeness (QED) is 0.759. The molecule has 0 unspecified atom stereocenters. The van der Waals surface area contributed by atoms with Gasteiger partial charge in [-0.1, -0.05) is 19.8 Å². The van der Waals surface area contributed by atoms with Gasteiger partial charge in [-0.25, -0.2) is 13.1 Å². The SMILES string of the molecule is CCCNCc1ccc(S(=O)(=O)NC2(C)CCCC2)o1. The zero-order chi connectivity index (χ0) is 14.6. The van der Waals surface area contributed by atoms with E-state index in [-0.39, 0.29) is 10.6 Å². The van der Waals surface area contributed by atoms with Gasteiger partial charge in [0.05, 0.1) is 6.54 Å². The van der Waals surface area contributed by atoms with E-state index in [4.69, 9.17) is 4.42 Å². The second-order valence-corrected chi connectivity index (χ2v) is 7.38. The standard InChI is InChI=1S/C14H24N2O3S/c1-3-10-15-11-12-6-7-13(19-12)20(17,18)16-14(2)8-4-5-9-14/h6-7,15-16H,3-5,8-11H2,1-2H3. The van der Waals surface area contributed by atoms with Crippen LogP contribution in [0.15, 0.2) is 21.6 Å². The molecule has 2 rings (SSSR count). The lowest BCUT2D eigenvalue weighted by atomic mass is 10.0. The van der Waals surface area contributed by atoms with Crippen LogP contribution in [0.25, 0.3) is 0 Å². The second kappa shape index (κ2) is 6.28. The third-order valence-electron chi connectivity index (χ3n) is 3.72. The number of nitrogens with one attached hydrogen (secondary N) is 2. The van der Waals surface area contributed by atoms with E-state index < -0.39 is 10.0 Å². The van der Waals surface area contributed by atoms with Crippen LogP contribution in [0.3, 0.4) is 0 Å². The van der Waals surface area contributed by atoms with E-state index in [1.54, 1.807) is 6.07 Å². The highest BCUT2D eigenvalue weighted by Crippen LogP contribution is 2.30. The van der Waals surface area contributed by atoms with Crippen molar-refractivity contribution in [1.82, 2.24) is 10.0 Å². The van der Waals surface area contributed by atoms with Gasteiger partial charge in [-0.2, -0.15) is 0 Å². The summed E-state index contributed by atoms with van der Waals surface area (Å²) in [5.74, 6) is 0.649. The first-order valence-corrected chi connectivity index (χ1v) is 8.77. The van der Waals surface area contributed by atoms with E-state index in [2.05, 4.69) is 17.0 Å². The van der Waals surface area contributed by atoms with Crippen molar-refractivity contribution in [3.8, 4) is 0 Å². The van der Waals surface area contributed by atoms with Gasteiger partial charge in [-0.15, -0.1) is 0 Å². The molecule has 1 heterocycles. The first kappa shape index (κ1) is 15.5. The molecule has 0 bridgehead atoms. The molecule has 0 amide bonds. The smallest absolute Gasteiger partial charge is 0.274 e. The third kappa shape index (κ3) is 3.84. The first-order chi connectivity index (χ1) is 9.45. The Bertz CT molecular complexity index is 530. The Morgan fingerprint density at radius 2 is 2.00 bits per heavy atom. The largest absolute Gasteiger partial charge is 0.447 e. The molecule has 0 spiro atoms. The molecule has 0 aliphatic heterocycles.